The molecule has 3 heteroatoms. The van der Waals surface area contributed by atoms with E-state index >= 15 is 0 Å². The van der Waals surface area contributed by atoms with Gasteiger partial charge in [-0.15, -0.1) is 0 Å². The van der Waals surface area contributed by atoms with E-state index in [0.29, 0.717) is 18.6 Å². The first-order valence-corrected chi connectivity index (χ1v) is 5.84. The number of amides is 1. The average Bonchev–Trinajstić information content (AvgIpc) is 2.75. The van der Waals surface area contributed by atoms with Crippen LogP contribution in [0.2, 0.25) is 0 Å². The minimum absolute atomic E-state index is 0.130. The Morgan fingerprint density at radius 3 is 2.81 bits per heavy atom. The van der Waals surface area contributed by atoms with Gasteiger partial charge in [0.15, 0.2) is 0 Å². The van der Waals surface area contributed by atoms with E-state index in [2.05, 4.69) is 24.3 Å². The van der Waals surface area contributed by atoms with Crippen molar-refractivity contribution in [1.29, 1.82) is 0 Å². The van der Waals surface area contributed by atoms with E-state index in [1.807, 2.05) is 11.0 Å². The predicted molar refractivity (Wildman–Crippen MR) is 60.3 cm³/mol. The lowest BCUT2D eigenvalue weighted by molar-refractivity contribution is 0.0576. The molecule has 0 unspecified atom stereocenters. The molecular formula is C13H15NO2. The summed E-state index contributed by atoms with van der Waals surface area (Å²) in [4.78, 5) is 13.4. The second kappa shape index (κ2) is 3.81. The van der Waals surface area contributed by atoms with E-state index in [1.54, 1.807) is 0 Å². The number of carbonyl (C=O) groups excluding carboxylic acids is 1. The smallest absolute Gasteiger partial charge is 0.410 e. The van der Waals surface area contributed by atoms with Crippen LogP contribution in [0.5, 0.6) is 0 Å². The minimum atomic E-state index is -0.130. The van der Waals surface area contributed by atoms with Crippen LogP contribution in [-0.4, -0.2) is 30.2 Å². The van der Waals surface area contributed by atoms with Crippen LogP contribution in [0.3, 0.4) is 0 Å². The molecule has 2 heterocycles. The Balaban J connectivity index is 1.86. The normalized spacial score (nSPS) is 28.8. The first kappa shape index (κ1) is 9.70. The van der Waals surface area contributed by atoms with Crippen LogP contribution in [-0.2, 0) is 4.74 Å². The molecular weight excluding hydrogens is 202 g/mol. The molecule has 3 rings (SSSR count). The molecule has 0 bridgehead atoms. The molecule has 2 saturated heterocycles. The van der Waals surface area contributed by atoms with Gasteiger partial charge in [-0.2, -0.15) is 0 Å². The molecule has 2 atom stereocenters. The van der Waals surface area contributed by atoms with Crippen LogP contribution >= 0.6 is 0 Å². The van der Waals surface area contributed by atoms with Gasteiger partial charge >= 0.3 is 6.09 Å². The molecule has 1 aromatic carbocycles. The van der Waals surface area contributed by atoms with Crippen LogP contribution in [0.1, 0.15) is 24.3 Å². The van der Waals surface area contributed by atoms with Gasteiger partial charge in [0.05, 0.1) is 6.61 Å². The second-order valence-electron chi connectivity index (χ2n) is 4.47. The Morgan fingerprint density at radius 2 is 2.00 bits per heavy atom. The summed E-state index contributed by atoms with van der Waals surface area (Å²) in [6.07, 6.45) is 1.89. The van der Waals surface area contributed by atoms with Gasteiger partial charge in [0.25, 0.3) is 0 Å². The van der Waals surface area contributed by atoms with Gasteiger partial charge in [0, 0.05) is 24.9 Å². The van der Waals surface area contributed by atoms with E-state index < -0.39 is 0 Å². The third kappa shape index (κ3) is 1.47. The van der Waals surface area contributed by atoms with Gasteiger partial charge < -0.3 is 9.64 Å². The van der Waals surface area contributed by atoms with Crippen LogP contribution in [0, 0.1) is 0 Å². The molecule has 3 nitrogen and oxygen atoms in total. The maximum absolute atomic E-state index is 11.6. The maximum Gasteiger partial charge on any atom is 0.410 e. The number of hydrogen-bond acceptors (Lipinski definition) is 2. The van der Waals surface area contributed by atoms with Crippen LogP contribution < -0.4 is 0 Å². The largest absolute Gasteiger partial charge is 0.449 e. The molecule has 2 fully saturated rings. The summed E-state index contributed by atoms with van der Waals surface area (Å²) < 4.78 is 5.06. The van der Waals surface area contributed by atoms with Crippen molar-refractivity contribution in [3.63, 3.8) is 0 Å². The predicted octanol–water partition coefficient (Wildman–Crippen LogP) is 2.38. The molecule has 0 spiro atoms. The number of rotatable bonds is 1. The van der Waals surface area contributed by atoms with E-state index in [-0.39, 0.29) is 6.09 Å². The molecule has 16 heavy (non-hydrogen) atoms. The highest BCUT2D eigenvalue weighted by molar-refractivity contribution is 5.69. The summed E-state index contributed by atoms with van der Waals surface area (Å²) in [5.41, 5.74) is 1.35. The molecule has 0 N–H and O–H groups in total. The molecule has 0 radical (unpaired) electrons. The number of cyclic esters (lactones) is 1. The molecule has 84 valence electrons. The summed E-state index contributed by atoms with van der Waals surface area (Å²) in [6, 6.07) is 10.8. The third-order valence-corrected chi connectivity index (χ3v) is 3.65. The third-order valence-electron chi connectivity index (χ3n) is 3.65. The topological polar surface area (TPSA) is 29.5 Å². The van der Waals surface area contributed by atoms with Gasteiger partial charge in [-0.3, -0.25) is 0 Å². The van der Waals surface area contributed by atoms with Gasteiger partial charge in [-0.1, -0.05) is 30.3 Å². The van der Waals surface area contributed by atoms with Crippen molar-refractivity contribution in [3.05, 3.63) is 35.9 Å². The standard InChI is InChI=1S/C13H15NO2/c15-13-14-8-6-11(12(14)7-9-16-13)10-4-2-1-3-5-10/h1-5,11-12H,6-9H2/t11-,12+/m0/s1. The number of fused-ring (bicyclic) bond motifs is 1. The first-order chi connectivity index (χ1) is 7.86. The fraction of sp³-hybridized carbons (Fsp3) is 0.462. The zero-order valence-corrected chi connectivity index (χ0v) is 9.13. The molecule has 0 saturated carbocycles. The van der Waals surface area contributed by atoms with Crippen LogP contribution in [0.25, 0.3) is 0 Å². The lowest BCUT2D eigenvalue weighted by Crippen LogP contribution is -2.43. The zero-order valence-electron chi connectivity index (χ0n) is 9.13. The Morgan fingerprint density at radius 1 is 1.19 bits per heavy atom. The van der Waals surface area contributed by atoms with Crippen molar-refractivity contribution in [2.24, 2.45) is 0 Å². The lowest BCUT2D eigenvalue weighted by Gasteiger charge is -2.31. The number of benzene rings is 1. The molecule has 2 aliphatic rings. The number of carbonyl (C=O) groups is 1. The number of ether oxygens (including phenoxy) is 1. The quantitative estimate of drug-likeness (QED) is 0.722. The summed E-state index contributed by atoms with van der Waals surface area (Å²) >= 11 is 0. The van der Waals surface area contributed by atoms with Gasteiger partial charge in [-0.25, -0.2) is 4.79 Å². The molecule has 1 amide bonds. The molecule has 0 aliphatic carbocycles. The van der Waals surface area contributed by atoms with E-state index in [0.717, 1.165) is 19.4 Å². The highest BCUT2D eigenvalue weighted by Crippen LogP contribution is 2.37. The lowest BCUT2D eigenvalue weighted by atomic mass is 9.90. The molecule has 1 aromatic rings. The van der Waals surface area contributed by atoms with Crippen LogP contribution in [0.15, 0.2) is 30.3 Å². The molecule has 2 aliphatic heterocycles. The van der Waals surface area contributed by atoms with E-state index in [4.69, 9.17) is 4.74 Å². The zero-order chi connectivity index (χ0) is 11.0. The van der Waals surface area contributed by atoms with Crippen molar-refractivity contribution in [2.75, 3.05) is 13.2 Å². The van der Waals surface area contributed by atoms with Gasteiger partial charge in [0.1, 0.15) is 0 Å². The number of nitrogens with zero attached hydrogens (tertiary/aromatic N) is 1. The minimum Gasteiger partial charge on any atom is -0.449 e. The van der Waals surface area contributed by atoms with Crippen molar-refractivity contribution in [2.45, 2.75) is 24.8 Å². The van der Waals surface area contributed by atoms with E-state index in [1.165, 1.54) is 5.56 Å². The number of hydrogen-bond donors (Lipinski definition) is 0. The van der Waals surface area contributed by atoms with Gasteiger partial charge in [-0.05, 0) is 12.0 Å². The fourth-order valence-electron chi connectivity index (χ4n) is 2.88. The Kier molecular flexibility index (Phi) is 2.31. The van der Waals surface area contributed by atoms with Crippen molar-refractivity contribution in [3.8, 4) is 0 Å². The second-order valence-corrected chi connectivity index (χ2v) is 4.47. The van der Waals surface area contributed by atoms with E-state index in [9.17, 15) is 4.79 Å². The van der Waals surface area contributed by atoms with Crippen molar-refractivity contribution in [1.82, 2.24) is 4.90 Å². The highest BCUT2D eigenvalue weighted by atomic mass is 16.6. The average molecular weight is 217 g/mol. The van der Waals surface area contributed by atoms with Crippen LogP contribution in [0.4, 0.5) is 4.79 Å². The monoisotopic (exact) mass is 217 g/mol. The SMILES string of the molecule is O=C1OCC[C@@H]2[C@H](c3ccccc3)CCN12. The van der Waals surface area contributed by atoms with Gasteiger partial charge in [0.2, 0.25) is 0 Å². The summed E-state index contributed by atoms with van der Waals surface area (Å²) in [5, 5.41) is 0. The molecule has 0 aromatic heterocycles. The Hall–Kier alpha value is -1.51. The Bertz CT molecular complexity index is 390. The van der Waals surface area contributed by atoms with Crippen molar-refractivity contribution < 1.29 is 9.53 Å². The summed E-state index contributed by atoms with van der Waals surface area (Å²) in [7, 11) is 0. The first-order valence-electron chi connectivity index (χ1n) is 5.84. The Labute approximate surface area is 95.0 Å². The maximum atomic E-state index is 11.6. The highest BCUT2D eigenvalue weighted by Gasteiger charge is 2.40. The summed E-state index contributed by atoms with van der Waals surface area (Å²) in [5.74, 6) is 0.494. The summed E-state index contributed by atoms with van der Waals surface area (Å²) in [6.45, 7) is 1.41. The van der Waals surface area contributed by atoms with Crippen molar-refractivity contribution >= 4 is 6.09 Å². The fourth-order valence-corrected chi connectivity index (χ4v) is 2.88.